The molecule has 0 spiro atoms. The number of benzene rings is 9. The third kappa shape index (κ3) is 4.65. The smallest absolute Gasteiger partial charge is 0.0588 e. The third-order valence-corrected chi connectivity index (χ3v) is 12.7. The van der Waals surface area contributed by atoms with Gasteiger partial charge in [0, 0.05) is 38.3 Å². The topological polar surface area (TPSA) is 9.86 Å². The van der Waals surface area contributed by atoms with E-state index in [1.807, 2.05) is 0 Å². The fraction of sp³-hybridized carbons (Fsp3) is 0.0545. The number of nitrogens with zero attached hydrogens (tertiary/aromatic N) is 2. The van der Waals surface area contributed by atoms with E-state index in [9.17, 15) is 0 Å². The zero-order valence-corrected chi connectivity index (χ0v) is 31.9. The van der Waals surface area contributed by atoms with Crippen molar-refractivity contribution in [2.24, 2.45) is 0 Å². The lowest BCUT2D eigenvalue weighted by Crippen LogP contribution is -2.16. The first-order valence-corrected chi connectivity index (χ1v) is 19.9. The summed E-state index contributed by atoms with van der Waals surface area (Å²) in [7, 11) is 0. The maximum Gasteiger partial charge on any atom is 0.0588 e. The molecule has 0 saturated heterocycles. The quantitative estimate of drug-likeness (QED) is 0.171. The Morgan fingerprint density at radius 2 is 0.947 bits per heavy atom. The molecule has 268 valence electrons. The van der Waals surface area contributed by atoms with Gasteiger partial charge in [-0.1, -0.05) is 153 Å². The molecule has 0 amide bonds. The van der Waals surface area contributed by atoms with Crippen LogP contribution in [0.4, 0.5) is 0 Å². The molecule has 12 rings (SSSR count). The average molecular weight is 727 g/mol. The number of fused-ring (bicyclic) bond motifs is 11. The summed E-state index contributed by atoms with van der Waals surface area (Å²) in [6.07, 6.45) is 0. The first-order chi connectivity index (χ1) is 28.0. The van der Waals surface area contributed by atoms with Crippen LogP contribution >= 0.6 is 0 Å². The van der Waals surface area contributed by atoms with Crippen molar-refractivity contribution in [1.82, 2.24) is 9.13 Å². The number of hydrogen-bond donors (Lipinski definition) is 0. The van der Waals surface area contributed by atoms with Crippen molar-refractivity contribution >= 4 is 54.4 Å². The van der Waals surface area contributed by atoms with E-state index in [1.165, 1.54) is 110 Å². The van der Waals surface area contributed by atoms with Crippen molar-refractivity contribution in [3.05, 3.63) is 205 Å². The van der Waals surface area contributed by atoms with Gasteiger partial charge in [0.25, 0.3) is 0 Å². The number of aromatic nitrogens is 2. The Balaban J connectivity index is 1.07. The Morgan fingerprint density at radius 3 is 1.75 bits per heavy atom. The standard InChI is InChI=1S/C55H38N2/c1-55(2)49-18-10-8-16-43(49)45-28-29-46-48-34-40(24-31-52(48)57(54(46)53(45)55)41-25-20-37(21-26-41)35-12-4-3-5-13-35)39-23-30-51-47(33-39)44-17-9-11-19-50(44)56(51)42-27-22-36-14-6-7-15-38(36)32-42/h3-34H,1-2H3. The van der Waals surface area contributed by atoms with Gasteiger partial charge < -0.3 is 9.13 Å². The minimum atomic E-state index is -0.158. The maximum atomic E-state index is 2.52. The lowest BCUT2D eigenvalue weighted by molar-refractivity contribution is 0.664. The molecule has 1 aliphatic rings. The Labute approximate surface area is 331 Å². The van der Waals surface area contributed by atoms with Crippen LogP contribution < -0.4 is 0 Å². The molecule has 2 aromatic heterocycles. The summed E-state index contributed by atoms with van der Waals surface area (Å²) >= 11 is 0. The Hall–Kier alpha value is -7.16. The summed E-state index contributed by atoms with van der Waals surface area (Å²) in [6.45, 7) is 4.79. The molecular weight excluding hydrogens is 689 g/mol. The van der Waals surface area contributed by atoms with Gasteiger partial charge in [0.05, 0.1) is 22.1 Å². The van der Waals surface area contributed by atoms with E-state index >= 15 is 0 Å². The molecule has 1 aliphatic carbocycles. The van der Waals surface area contributed by atoms with Crippen LogP contribution in [0.2, 0.25) is 0 Å². The van der Waals surface area contributed by atoms with Gasteiger partial charge in [0.1, 0.15) is 0 Å². The monoisotopic (exact) mass is 726 g/mol. The van der Waals surface area contributed by atoms with E-state index in [0.717, 1.165) is 0 Å². The van der Waals surface area contributed by atoms with E-state index in [2.05, 4.69) is 217 Å². The third-order valence-electron chi connectivity index (χ3n) is 12.7. The van der Waals surface area contributed by atoms with Crippen LogP contribution in [0.3, 0.4) is 0 Å². The van der Waals surface area contributed by atoms with E-state index in [1.54, 1.807) is 0 Å². The van der Waals surface area contributed by atoms with Crippen LogP contribution in [0.1, 0.15) is 25.0 Å². The molecule has 2 heteroatoms. The van der Waals surface area contributed by atoms with Crippen LogP contribution in [0.25, 0.3) is 99.1 Å². The minimum Gasteiger partial charge on any atom is -0.309 e. The molecule has 0 fully saturated rings. The highest BCUT2D eigenvalue weighted by atomic mass is 15.0. The van der Waals surface area contributed by atoms with E-state index in [0.29, 0.717) is 0 Å². The first-order valence-electron chi connectivity index (χ1n) is 19.9. The van der Waals surface area contributed by atoms with Crippen molar-refractivity contribution in [3.63, 3.8) is 0 Å². The predicted octanol–water partition coefficient (Wildman–Crippen LogP) is 14.7. The van der Waals surface area contributed by atoms with Gasteiger partial charge in [-0.25, -0.2) is 0 Å². The van der Waals surface area contributed by atoms with Crippen molar-refractivity contribution < 1.29 is 0 Å². The first kappa shape index (κ1) is 32.1. The molecule has 9 aromatic carbocycles. The molecule has 57 heavy (non-hydrogen) atoms. The number of rotatable bonds is 4. The summed E-state index contributed by atoms with van der Waals surface area (Å²) in [4.78, 5) is 0. The van der Waals surface area contributed by atoms with Crippen LogP contribution in [0.5, 0.6) is 0 Å². The summed E-state index contributed by atoms with van der Waals surface area (Å²) in [5.41, 5.74) is 17.5. The molecule has 0 unspecified atom stereocenters. The normalized spacial score (nSPS) is 13.2. The lowest BCUT2D eigenvalue weighted by atomic mass is 9.81. The van der Waals surface area contributed by atoms with Gasteiger partial charge in [0.2, 0.25) is 0 Å². The van der Waals surface area contributed by atoms with Gasteiger partial charge >= 0.3 is 0 Å². The minimum absolute atomic E-state index is 0.158. The molecule has 0 N–H and O–H groups in total. The highest BCUT2D eigenvalue weighted by molar-refractivity contribution is 6.15. The molecule has 0 saturated carbocycles. The van der Waals surface area contributed by atoms with Crippen LogP contribution in [-0.4, -0.2) is 9.13 Å². The van der Waals surface area contributed by atoms with E-state index in [-0.39, 0.29) is 5.41 Å². The molecule has 0 aliphatic heterocycles. The second-order valence-corrected chi connectivity index (χ2v) is 16.2. The Morgan fingerprint density at radius 1 is 0.351 bits per heavy atom. The van der Waals surface area contributed by atoms with Gasteiger partial charge in [0.15, 0.2) is 0 Å². The number of hydrogen-bond acceptors (Lipinski definition) is 0. The summed E-state index contributed by atoms with van der Waals surface area (Å²) in [5, 5.41) is 7.57. The van der Waals surface area contributed by atoms with E-state index in [4.69, 9.17) is 0 Å². The van der Waals surface area contributed by atoms with Crippen molar-refractivity contribution in [3.8, 4) is 44.8 Å². The number of para-hydroxylation sites is 1. The van der Waals surface area contributed by atoms with Gasteiger partial charge in [-0.3, -0.25) is 0 Å². The maximum absolute atomic E-state index is 2.52. The zero-order chi connectivity index (χ0) is 37.8. The molecule has 0 radical (unpaired) electrons. The fourth-order valence-corrected chi connectivity index (χ4v) is 9.99. The predicted molar refractivity (Wildman–Crippen MR) is 241 cm³/mol. The Bertz CT molecular complexity index is 3410. The second kappa shape index (κ2) is 11.9. The molecule has 0 atom stereocenters. The van der Waals surface area contributed by atoms with Crippen molar-refractivity contribution in [2.75, 3.05) is 0 Å². The SMILES string of the molecule is CC1(C)c2ccccc2-c2ccc3c4cc(-c5ccc6c(c5)c5ccccc5n6-c5ccc6ccccc6c5)ccc4n(-c4ccc(-c5ccccc5)cc4)c3c21. The highest BCUT2D eigenvalue weighted by Gasteiger charge is 2.38. The van der Waals surface area contributed by atoms with Crippen molar-refractivity contribution in [1.29, 1.82) is 0 Å². The average Bonchev–Trinajstić information content (AvgIpc) is 3.86. The van der Waals surface area contributed by atoms with Crippen LogP contribution in [0, 0.1) is 0 Å². The summed E-state index contributed by atoms with van der Waals surface area (Å²) in [6, 6.07) is 71.8. The molecule has 0 bridgehead atoms. The van der Waals surface area contributed by atoms with E-state index < -0.39 is 0 Å². The van der Waals surface area contributed by atoms with Gasteiger partial charge in [-0.05, 0) is 110 Å². The molecule has 11 aromatic rings. The lowest BCUT2D eigenvalue weighted by Gasteiger charge is -2.23. The molecular formula is C55H38N2. The van der Waals surface area contributed by atoms with Crippen LogP contribution in [-0.2, 0) is 5.41 Å². The molecule has 2 heterocycles. The van der Waals surface area contributed by atoms with Crippen LogP contribution in [0.15, 0.2) is 194 Å². The molecule has 2 nitrogen and oxygen atoms in total. The second-order valence-electron chi connectivity index (χ2n) is 16.2. The van der Waals surface area contributed by atoms with Crippen molar-refractivity contribution in [2.45, 2.75) is 19.3 Å². The fourth-order valence-electron chi connectivity index (χ4n) is 9.99. The zero-order valence-electron chi connectivity index (χ0n) is 31.9. The van der Waals surface area contributed by atoms with Gasteiger partial charge in [-0.2, -0.15) is 0 Å². The van der Waals surface area contributed by atoms with Gasteiger partial charge in [-0.15, -0.1) is 0 Å². The largest absolute Gasteiger partial charge is 0.309 e. The summed E-state index contributed by atoms with van der Waals surface area (Å²) in [5.74, 6) is 0. The summed E-state index contributed by atoms with van der Waals surface area (Å²) < 4.78 is 4.94. The Kier molecular flexibility index (Phi) is 6.72. The highest BCUT2D eigenvalue weighted by Crippen LogP contribution is 2.53.